The Labute approximate surface area is 167 Å². The van der Waals surface area contributed by atoms with Gasteiger partial charge < -0.3 is 15.5 Å². The fourth-order valence-electron chi connectivity index (χ4n) is 3.44. The molecular formula is C23H29N3O2. The van der Waals surface area contributed by atoms with Gasteiger partial charge in [-0.3, -0.25) is 9.59 Å². The maximum atomic E-state index is 12.5. The van der Waals surface area contributed by atoms with Gasteiger partial charge in [0.1, 0.15) is 6.04 Å². The molecule has 0 saturated carbocycles. The zero-order chi connectivity index (χ0) is 20.5. The monoisotopic (exact) mass is 379 g/mol. The number of hydrogen-bond donors (Lipinski definition) is 2. The van der Waals surface area contributed by atoms with Gasteiger partial charge in [0.25, 0.3) is 0 Å². The molecule has 5 heteroatoms. The van der Waals surface area contributed by atoms with Crippen molar-refractivity contribution in [1.82, 2.24) is 0 Å². The third kappa shape index (κ3) is 4.35. The first-order valence-electron chi connectivity index (χ1n) is 9.74. The maximum Gasteiger partial charge on any atom is 0.246 e. The van der Waals surface area contributed by atoms with Crippen molar-refractivity contribution in [2.45, 2.75) is 52.5 Å². The van der Waals surface area contributed by atoms with Crippen molar-refractivity contribution in [1.29, 1.82) is 0 Å². The Morgan fingerprint density at radius 2 is 1.68 bits per heavy atom. The molecule has 1 heterocycles. The molecular weight excluding hydrogens is 350 g/mol. The van der Waals surface area contributed by atoms with E-state index in [4.69, 9.17) is 0 Å². The van der Waals surface area contributed by atoms with E-state index in [1.165, 1.54) is 5.56 Å². The van der Waals surface area contributed by atoms with Crippen molar-refractivity contribution in [3.05, 3.63) is 53.6 Å². The standard InChI is InChI=1S/C23H29N3O2/c1-15(22(28)25-19-8-6-18(7-9-19)23(3,4)5)24-20-10-11-21-17(14-20)12-13-26(21)16(2)27/h6-11,14-15,24H,12-13H2,1-5H3,(H,25,28). The van der Waals surface area contributed by atoms with E-state index < -0.39 is 0 Å². The van der Waals surface area contributed by atoms with Gasteiger partial charge in [0.15, 0.2) is 0 Å². The number of carbonyl (C=O) groups excluding carboxylic acids is 2. The minimum absolute atomic E-state index is 0.0599. The molecule has 5 nitrogen and oxygen atoms in total. The molecule has 2 N–H and O–H groups in total. The van der Waals surface area contributed by atoms with Crippen molar-refractivity contribution in [2.75, 3.05) is 22.1 Å². The second-order valence-corrected chi connectivity index (χ2v) is 8.45. The van der Waals surface area contributed by atoms with Crippen LogP contribution in [0.5, 0.6) is 0 Å². The van der Waals surface area contributed by atoms with Crippen molar-refractivity contribution in [3.8, 4) is 0 Å². The van der Waals surface area contributed by atoms with Gasteiger partial charge >= 0.3 is 0 Å². The van der Waals surface area contributed by atoms with Crippen LogP contribution in [-0.2, 0) is 21.4 Å². The van der Waals surface area contributed by atoms with Crippen molar-refractivity contribution < 1.29 is 9.59 Å². The van der Waals surface area contributed by atoms with Crippen molar-refractivity contribution in [3.63, 3.8) is 0 Å². The number of benzene rings is 2. The van der Waals surface area contributed by atoms with Gasteiger partial charge in [-0.05, 0) is 60.2 Å². The van der Waals surface area contributed by atoms with E-state index in [1.807, 2.05) is 37.3 Å². The first-order valence-corrected chi connectivity index (χ1v) is 9.74. The first-order chi connectivity index (χ1) is 13.1. The lowest BCUT2D eigenvalue weighted by molar-refractivity contribution is -0.117. The van der Waals surface area contributed by atoms with Crippen LogP contribution in [0.4, 0.5) is 17.1 Å². The Morgan fingerprint density at radius 3 is 2.29 bits per heavy atom. The number of fused-ring (bicyclic) bond motifs is 1. The van der Waals surface area contributed by atoms with Gasteiger partial charge in [0.05, 0.1) is 0 Å². The molecule has 2 amide bonds. The molecule has 28 heavy (non-hydrogen) atoms. The lowest BCUT2D eigenvalue weighted by Gasteiger charge is -2.20. The van der Waals surface area contributed by atoms with Gasteiger partial charge in [-0.25, -0.2) is 0 Å². The fraction of sp³-hybridized carbons (Fsp3) is 0.391. The minimum Gasteiger partial charge on any atom is -0.374 e. The summed E-state index contributed by atoms with van der Waals surface area (Å²) >= 11 is 0. The van der Waals surface area contributed by atoms with Crippen molar-refractivity contribution in [2.24, 2.45) is 0 Å². The van der Waals surface area contributed by atoms with E-state index in [1.54, 1.807) is 11.8 Å². The molecule has 3 rings (SSSR count). The van der Waals surface area contributed by atoms with E-state index in [0.717, 1.165) is 29.0 Å². The highest BCUT2D eigenvalue weighted by atomic mass is 16.2. The molecule has 2 aromatic rings. The summed E-state index contributed by atoms with van der Waals surface area (Å²) in [5.41, 5.74) is 5.09. The number of nitrogens with zero attached hydrogens (tertiary/aromatic N) is 1. The molecule has 0 bridgehead atoms. The number of rotatable bonds is 4. The minimum atomic E-state index is -0.384. The average molecular weight is 380 g/mol. The van der Waals surface area contributed by atoms with Gasteiger partial charge in [-0.1, -0.05) is 32.9 Å². The maximum absolute atomic E-state index is 12.5. The van der Waals surface area contributed by atoms with Crippen LogP contribution in [0.15, 0.2) is 42.5 Å². The molecule has 0 aromatic heterocycles. The topological polar surface area (TPSA) is 61.4 Å². The lowest BCUT2D eigenvalue weighted by atomic mass is 9.87. The Bertz CT molecular complexity index is 882. The second-order valence-electron chi connectivity index (χ2n) is 8.45. The van der Waals surface area contributed by atoms with Gasteiger partial charge in [-0.2, -0.15) is 0 Å². The van der Waals surface area contributed by atoms with Crippen LogP contribution < -0.4 is 15.5 Å². The zero-order valence-electron chi connectivity index (χ0n) is 17.3. The molecule has 0 saturated heterocycles. The molecule has 1 atom stereocenters. The highest BCUT2D eigenvalue weighted by molar-refractivity contribution is 5.97. The molecule has 0 fully saturated rings. The van der Waals surface area contributed by atoms with Gasteiger partial charge in [-0.15, -0.1) is 0 Å². The van der Waals surface area contributed by atoms with Crippen LogP contribution in [0.2, 0.25) is 0 Å². The largest absolute Gasteiger partial charge is 0.374 e. The second kappa shape index (κ2) is 7.66. The third-order valence-corrected chi connectivity index (χ3v) is 5.15. The quantitative estimate of drug-likeness (QED) is 0.831. The summed E-state index contributed by atoms with van der Waals surface area (Å²) in [7, 11) is 0. The van der Waals surface area contributed by atoms with E-state index >= 15 is 0 Å². The Kier molecular flexibility index (Phi) is 5.45. The summed E-state index contributed by atoms with van der Waals surface area (Å²) in [5.74, 6) is -0.0287. The predicted octanol–water partition coefficient (Wildman–Crippen LogP) is 4.33. The molecule has 1 aliphatic heterocycles. The van der Waals surface area contributed by atoms with E-state index in [2.05, 4.69) is 43.5 Å². The van der Waals surface area contributed by atoms with Crippen LogP contribution in [0.25, 0.3) is 0 Å². The Hall–Kier alpha value is -2.82. The van der Waals surface area contributed by atoms with Crippen molar-refractivity contribution >= 4 is 28.9 Å². The summed E-state index contributed by atoms with van der Waals surface area (Å²) in [6.45, 7) is 10.6. The highest BCUT2D eigenvalue weighted by Gasteiger charge is 2.23. The zero-order valence-corrected chi connectivity index (χ0v) is 17.3. The van der Waals surface area contributed by atoms with Crippen LogP contribution in [-0.4, -0.2) is 24.4 Å². The smallest absolute Gasteiger partial charge is 0.246 e. The average Bonchev–Trinajstić information content (AvgIpc) is 3.04. The summed E-state index contributed by atoms with van der Waals surface area (Å²) in [6, 6.07) is 13.5. The molecule has 1 aliphatic rings. The lowest BCUT2D eigenvalue weighted by Crippen LogP contribution is -2.31. The number of amides is 2. The van der Waals surface area contributed by atoms with Crippen LogP contribution in [0.3, 0.4) is 0 Å². The predicted molar refractivity (Wildman–Crippen MR) is 115 cm³/mol. The molecule has 0 spiro atoms. The normalized spacial score (nSPS) is 14.4. The van der Waals surface area contributed by atoms with Crippen LogP contribution >= 0.6 is 0 Å². The number of carbonyl (C=O) groups is 2. The number of hydrogen-bond acceptors (Lipinski definition) is 3. The number of nitrogens with one attached hydrogen (secondary N) is 2. The number of anilines is 3. The highest BCUT2D eigenvalue weighted by Crippen LogP contribution is 2.30. The SMILES string of the molecule is CC(=O)N1CCc2cc(NC(C)C(=O)Nc3ccc(C(C)(C)C)cc3)ccc21. The first kappa shape index (κ1) is 19.9. The Balaban J connectivity index is 1.63. The van der Waals surface area contributed by atoms with Gasteiger partial charge in [0, 0.05) is 30.5 Å². The summed E-state index contributed by atoms with van der Waals surface area (Å²) in [5, 5.41) is 6.22. The van der Waals surface area contributed by atoms with E-state index in [-0.39, 0.29) is 23.3 Å². The molecule has 2 aromatic carbocycles. The molecule has 0 aliphatic carbocycles. The van der Waals surface area contributed by atoms with E-state index in [0.29, 0.717) is 6.54 Å². The van der Waals surface area contributed by atoms with Gasteiger partial charge in [0.2, 0.25) is 11.8 Å². The molecule has 0 radical (unpaired) electrons. The fourth-order valence-corrected chi connectivity index (χ4v) is 3.44. The van der Waals surface area contributed by atoms with Crippen LogP contribution in [0, 0.1) is 0 Å². The van der Waals surface area contributed by atoms with E-state index in [9.17, 15) is 9.59 Å². The molecule has 148 valence electrons. The molecule has 1 unspecified atom stereocenters. The van der Waals surface area contributed by atoms with Crippen LogP contribution in [0.1, 0.15) is 45.7 Å². The summed E-state index contributed by atoms with van der Waals surface area (Å²) < 4.78 is 0. The Morgan fingerprint density at radius 1 is 1.04 bits per heavy atom. The summed E-state index contributed by atoms with van der Waals surface area (Å²) in [6.07, 6.45) is 0.838. The summed E-state index contributed by atoms with van der Waals surface area (Å²) in [4.78, 5) is 26.0. The third-order valence-electron chi connectivity index (χ3n) is 5.15.